The summed E-state index contributed by atoms with van der Waals surface area (Å²) < 4.78 is 1.41. The van der Waals surface area contributed by atoms with Crippen LogP contribution in [0.1, 0.15) is 12.8 Å². The second-order valence-electron chi connectivity index (χ2n) is 5.99. The zero-order valence-electron chi connectivity index (χ0n) is 12.1. The molecule has 0 N–H and O–H groups in total. The van der Waals surface area contributed by atoms with Crippen LogP contribution in [0.3, 0.4) is 0 Å². The van der Waals surface area contributed by atoms with Gasteiger partial charge in [-0.15, -0.1) is 0 Å². The van der Waals surface area contributed by atoms with Gasteiger partial charge in [0.2, 0.25) is 11.8 Å². The zero-order valence-corrected chi connectivity index (χ0v) is 12.1. The molecule has 1 spiro atoms. The van der Waals surface area contributed by atoms with Crippen LogP contribution in [-0.2, 0) is 16.1 Å². The number of likely N-dealkylation sites (tertiary alicyclic amines) is 2. The number of hydrogen-bond acceptors (Lipinski definition) is 3. The Bertz CT molecular complexity index is 629. The highest BCUT2D eigenvalue weighted by Crippen LogP contribution is 2.40. The molecule has 2 saturated heterocycles. The quantitative estimate of drug-likeness (QED) is 0.716. The van der Waals surface area contributed by atoms with E-state index < -0.39 is 0 Å². The van der Waals surface area contributed by atoms with Crippen molar-refractivity contribution in [3.8, 4) is 0 Å². The van der Waals surface area contributed by atoms with Crippen molar-refractivity contribution >= 4 is 11.8 Å². The largest absolute Gasteiger partial charge is 0.344 e. The number of piperidine rings is 1. The lowest BCUT2D eigenvalue weighted by Crippen LogP contribution is -2.63. The number of amides is 2. The van der Waals surface area contributed by atoms with Gasteiger partial charge < -0.3 is 14.4 Å². The van der Waals surface area contributed by atoms with Crippen LogP contribution in [0.5, 0.6) is 0 Å². The summed E-state index contributed by atoms with van der Waals surface area (Å²) in [6.45, 7) is 2.06. The molecule has 112 valence electrons. The average molecular weight is 289 g/mol. The first-order valence-electron chi connectivity index (χ1n) is 7.21. The summed E-state index contributed by atoms with van der Waals surface area (Å²) in [4.78, 5) is 39.3. The van der Waals surface area contributed by atoms with Crippen LogP contribution in [-0.4, -0.2) is 52.9 Å². The first-order chi connectivity index (χ1) is 10.0. The zero-order chi connectivity index (χ0) is 15.0. The van der Waals surface area contributed by atoms with Gasteiger partial charge in [-0.05, 0) is 18.9 Å². The van der Waals surface area contributed by atoms with Crippen molar-refractivity contribution < 1.29 is 9.59 Å². The standard InChI is InChI=1S/C15H19N3O3/c1-16-11-15(14(16)21)5-8-17(9-6-15)13(20)10-18-7-3-2-4-12(18)19/h2-4,7H,5-6,8-11H2,1H3. The van der Waals surface area contributed by atoms with Crippen LogP contribution >= 0.6 is 0 Å². The van der Waals surface area contributed by atoms with E-state index in [9.17, 15) is 14.4 Å². The molecule has 3 heterocycles. The predicted octanol–water partition coefficient (Wildman–Crippen LogP) is -0.0709. The Kier molecular flexibility index (Phi) is 3.31. The fourth-order valence-electron chi connectivity index (χ4n) is 3.30. The number of β-lactam (4-membered cyclic amide) rings is 1. The summed E-state index contributed by atoms with van der Waals surface area (Å²) in [5, 5.41) is 0. The van der Waals surface area contributed by atoms with Gasteiger partial charge in [0, 0.05) is 38.9 Å². The van der Waals surface area contributed by atoms with Crippen molar-refractivity contribution in [1.29, 1.82) is 0 Å². The minimum Gasteiger partial charge on any atom is -0.344 e. The molecule has 1 aromatic rings. The maximum absolute atomic E-state index is 12.3. The summed E-state index contributed by atoms with van der Waals surface area (Å²) in [7, 11) is 1.81. The van der Waals surface area contributed by atoms with E-state index in [1.54, 1.807) is 28.1 Å². The Balaban J connectivity index is 1.60. The lowest BCUT2D eigenvalue weighted by molar-refractivity contribution is -0.164. The molecular formula is C15H19N3O3. The summed E-state index contributed by atoms with van der Waals surface area (Å²) in [5.74, 6) is 0.146. The maximum atomic E-state index is 12.3. The van der Waals surface area contributed by atoms with Gasteiger partial charge >= 0.3 is 0 Å². The monoisotopic (exact) mass is 289 g/mol. The molecule has 0 atom stereocenters. The number of aromatic nitrogens is 1. The third kappa shape index (κ3) is 2.34. The molecule has 0 unspecified atom stereocenters. The average Bonchev–Trinajstić information content (AvgIpc) is 2.50. The Morgan fingerprint density at radius 2 is 1.95 bits per heavy atom. The fourth-order valence-corrected chi connectivity index (χ4v) is 3.30. The van der Waals surface area contributed by atoms with Gasteiger partial charge in [-0.1, -0.05) is 6.07 Å². The Morgan fingerprint density at radius 3 is 2.52 bits per heavy atom. The molecule has 0 aliphatic carbocycles. The van der Waals surface area contributed by atoms with Gasteiger partial charge in [0.05, 0.1) is 5.41 Å². The van der Waals surface area contributed by atoms with Gasteiger partial charge in [0.1, 0.15) is 6.54 Å². The lowest BCUT2D eigenvalue weighted by atomic mass is 9.71. The number of hydrogen-bond donors (Lipinski definition) is 0. The first-order valence-corrected chi connectivity index (χ1v) is 7.21. The molecule has 6 heteroatoms. The molecule has 0 aromatic carbocycles. The van der Waals surface area contributed by atoms with Gasteiger partial charge in [0.25, 0.3) is 5.56 Å². The number of pyridine rings is 1. The highest BCUT2D eigenvalue weighted by atomic mass is 16.2. The molecule has 0 bridgehead atoms. The van der Waals surface area contributed by atoms with Crippen molar-refractivity contribution in [1.82, 2.24) is 14.4 Å². The second kappa shape index (κ2) is 5.02. The number of nitrogens with zero attached hydrogens (tertiary/aromatic N) is 3. The fraction of sp³-hybridized carbons (Fsp3) is 0.533. The molecule has 2 amide bonds. The van der Waals surface area contributed by atoms with E-state index in [0.29, 0.717) is 13.1 Å². The van der Waals surface area contributed by atoms with E-state index in [4.69, 9.17) is 0 Å². The van der Waals surface area contributed by atoms with Crippen LogP contribution in [0.25, 0.3) is 0 Å². The smallest absolute Gasteiger partial charge is 0.250 e. The molecule has 0 radical (unpaired) electrons. The van der Waals surface area contributed by atoms with Crippen molar-refractivity contribution in [2.75, 3.05) is 26.7 Å². The predicted molar refractivity (Wildman–Crippen MR) is 76.6 cm³/mol. The van der Waals surface area contributed by atoms with E-state index in [-0.39, 0.29) is 29.3 Å². The van der Waals surface area contributed by atoms with Gasteiger partial charge in [-0.25, -0.2) is 0 Å². The van der Waals surface area contributed by atoms with Crippen LogP contribution in [0.2, 0.25) is 0 Å². The van der Waals surface area contributed by atoms with E-state index in [2.05, 4.69) is 0 Å². The molecule has 1 aromatic heterocycles. The van der Waals surface area contributed by atoms with Crippen LogP contribution in [0, 0.1) is 5.41 Å². The topological polar surface area (TPSA) is 62.6 Å². The molecule has 21 heavy (non-hydrogen) atoms. The van der Waals surface area contributed by atoms with Gasteiger partial charge in [-0.3, -0.25) is 14.4 Å². The highest BCUT2D eigenvalue weighted by Gasteiger charge is 2.51. The minimum absolute atomic E-state index is 0.0572. The lowest BCUT2D eigenvalue weighted by Gasteiger charge is -2.51. The number of carbonyl (C=O) groups is 2. The molecule has 0 saturated carbocycles. The minimum atomic E-state index is -0.227. The molecule has 2 aliphatic rings. The molecule has 2 fully saturated rings. The molecule has 2 aliphatic heterocycles. The summed E-state index contributed by atoms with van der Waals surface area (Å²) >= 11 is 0. The summed E-state index contributed by atoms with van der Waals surface area (Å²) in [5.41, 5.74) is -0.398. The second-order valence-corrected chi connectivity index (χ2v) is 5.99. The summed E-state index contributed by atoms with van der Waals surface area (Å²) in [6, 6.07) is 4.84. The normalized spacial score (nSPS) is 20.5. The number of carbonyl (C=O) groups excluding carboxylic acids is 2. The Hall–Kier alpha value is -2.11. The van der Waals surface area contributed by atoms with E-state index in [1.165, 1.54) is 10.6 Å². The van der Waals surface area contributed by atoms with Crippen LogP contribution < -0.4 is 5.56 Å². The van der Waals surface area contributed by atoms with Crippen molar-refractivity contribution in [3.05, 3.63) is 34.7 Å². The third-order valence-corrected chi connectivity index (χ3v) is 4.62. The Morgan fingerprint density at radius 1 is 1.24 bits per heavy atom. The van der Waals surface area contributed by atoms with Crippen LogP contribution in [0.4, 0.5) is 0 Å². The first kappa shape index (κ1) is 13.9. The summed E-state index contributed by atoms with van der Waals surface area (Å²) in [6.07, 6.45) is 3.08. The SMILES string of the molecule is CN1CC2(CCN(C(=O)Cn3ccccc3=O)CC2)C1=O. The van der Waals surface area contributed by atoms with Crippen molar-refractivity contribution in [2.24, 2.45) is 5.41 Å². The highest BCUT2D eigenvalue weighted by molar-refractivity contribution is 5.89. The number of rotatable bonds is 2. The third-order valence-electron chi connectivity index (χ3n) is 4.62. The van der Waals surface area contributed by atoms with E-state index in [1.807, 2.05) is 7.05 Å². The van der Waals surface area contributed by atoms with Gasteiger partial charge in [0.15, 0.2) is 0 Å². The molecule has 6 nitrogen and oxygen atoms in total. The van der Waals surface area contributed by atoms with Crippen molar-refractivity contribution in [3.63, 3.8) is 0 Å². The van der Waals surface area contributed by atoms with Crippen LogP contribution in [0.15, 0.2) is 29.2 Å². The van der Waals surface area contributed by atoms with Crippen molar-refractivity contribution in [2.45, 2.75) is 19.4 Å². The maximum Gasteiger partial charge on any atom is 0.250 e. The Labute approximate surface area is 123 Å². The molecule has 3 rings (SSSR count). The van der Waals surface area contributed by atoms with E-state index in [0.717, 1.165) is 19.4 Å². The molecular weight excluding hydrogens is 270 g/mol. The van der Waals surface area contributed by atoms with Gasteiger partial charge in [-0.2, -0.15) is 0 Å². The van der Waals surface area contributed by atoms with E-state index >= 15 is 0 Å².